The quantitative estimate of drug-likeness (QED) is 0.799. The topological polar surface area (TPSA) is 30.5 Å². The fraction of sp³-hybridized carbons (Fsp3) is 0.647. The van der Waals surface area contributed by atoms with Crippen molar-refractivity contribution in [2.45, 2.75) is 45.1 Å². The Morgan fingerprint density at radius 3 is 2.52 bits per heavy atom. The van der Waals surface area contributed by atoms with Gasteiger partial charge in [-0.1, -0.05) is 44.2 Å². The Bertz CT molecular complexity index is 458. The standard InChI is InChI=1S/C17H26ClNO2/c1-4-19-14(11-12-7-5-6-8-12)13-9-10-15(20-2)16(18)17(13)21-3/h9-10,12,14,19H,4-8,11H2,1-3H3. The molecule has 0 amide bonds. The third-order valence-electron chi connectivity index (χ3n) is 4.39. The molecule has 1 saturated carbocycles. The molecule has 1 aliphatic rings. The second-order valence-corrected chi connectivity index (χ2v) is 6.08. The molecule has 0 bridgehead atoms. The lowest BCUT2D eigenvalue weighted by Crippen LogP contribution is -2.23. The van der Waals surface area contributed by atoms with Crippen LogP contribution in [-0.4, -0.2) is 20.8 Å². The van der Waals surface area contributed by atoms with E-state index in [4.69, 9.17) is 21.1 Å². The molecule has 1 atom stereocenters. The van der Waals surface area contributed by atoms with E-state index in [2.05, 4.69) is 18.3 Å². The minimum atomic E-state index is 0.288. The van der Waals surface area contributed by atoms with E-state index in [1.165, 1.54) is 25.7 Å². The minimum absolute atomic E-state index is 0.288. The van der Waals surface area contributed by atoms with Crippen LogP contribution in [0.3, 0.4) is 0 Å². The molecular formula is C17H26ClNO2. The van der Waals surface area contributed by atoms with Crippen LogP contribution >= 0.6 is 11.6 Å². The lowest BCUT2D eigenvalue weighted by molar-refractivity contribution is 0.364. The summed E-state index contributed by atoms with van der Waals surface area (Å²) in [4.78, 5) is 0. The van der Waals surface area contributed by atoms with Crippen LogP contribution in [0.5, 0.6) is 11.5 Å². The summed E-state index contributed by atoms with van der Waals surface area (Å²) in [6, 6.07) is 4.29. The van der Waals surface area contributed by atoms with Gasteiger partial charge in [0.1, 0.15) is 16.5 Å². The van der Waals surface area contributed by atoms with Crippen LogP contribution < -0.4 is 14.8 Å². The van der Waals surface area contributed by atoms with E-state index in [9.17, 15) is 0 Å². The predicted octanol–water partition coefficient (Wildman–Crippen LogP) is 4.59. The van der Waals surface area contributed by atoms with Gasteiger partial charge in [0, 0.05) is 11.6 Å². The first-order chi connectivity index (χ1) is 10.2. The average molecular weight is 312 g/mol. The Morgan fingerprint density at radius 2 is 1.95 bits per heavy atom. The highest BCUT2D eigenvalue weighted by Gasteiger charge is 2.24. The van der Waals surface area contributed by atoms with Crippen molar-refractivity contribution in [2.75, 3.05) is 20.8 Å². The number of ether oxygens (including phenoxy) is 2. The maximum atomic E-state index is 6.40. The van der Waals surface area contributed by atoms with Gasteiger partial charge in [-0.3, -0.25) is 0 Å². The summed E-state index contributed by atoms with van der Waals surface area (Å²) >= 11 is 6.40. The van der Waals surface area contributed by atoms with Gasteiger partial charge in [-0.05, 0) is 31.0 Å². The van der Waals surface area contributed by atoms with Gasteiger partial charge in [0.15, 0.2) is 0 Å². The summed E-state index contributed by atoms with van der Waals surface area (Å²) in [6.07, 6.45) is 6.56. The van der Waals surface area contributed by atoms with Crippen molar-refractivity contribution in [3.63, 3.8) is 0 Å². The smallest absolute Gasteiger partial charge is 0.146 e. The Balaban J connectivity index is 2.27. The van der Waals surface area contributed by atoms with Crippen LogP contribution in [0.4, 0.5) is 0 Å². The molecule has 0 saturated heterocycles. The number of hydrogen-bond donors (Lipinski definition) is 1. The molecule has 0 radical (unpaired) electrons. The summed E-state index contributed by atoms with van der Waals surface area (Å²) in [5.74, 6) is 2.20. The van der Waals surface area contributed by atoms with Crippen LogP contribution in [0.25, 0.3) is 0 Å². The zero-order valence-corrected chi connectivity index (χ0v) is 14.0. The number of methoxy groups -OCH3 is 2. The highest BCUT2D eigenvalue weighted by Crippen LogP contribution is 2.42. The van der Waals surface area contributed by atoms with E-state index >= 15 is 0 Å². The van der Waals surface area contributed by atoms with E-state index < -0.39 is 0 Å². The Labute approximate surface area is 133 Å². The van der Waals surface area contributed by atoms with Gasteiger partial charge in [0.2, 0.25) is 0 Å². The van der Waals surface area contributed by atoms with E-state index in [0.717, 1.165) is 30.2 Å². The summed E-state index contributed by atoms with van der Waals surface area (Å²) in [5, 5.41) is 4.15. The SMILES string of the molecule is CCNC(CC1CCCC1)c1ccc(OC)c(Cl)c1OC. The average Bonchev–Trinajstić information content (AvgIpc) is 2.99. The Kier molecular flexibility index (Phi) is 6.19. The van der Waals surface area contributed by atoms with Crippen LogP contribution in [0.15, 0.2) is 12.1 Å². The molecule has 1 aliphatic carbocycles. The van der Waals surface area contributed by atoms with Crippen LogP contribution in [0, 0.1) is 5.92 Å². The lowest BCUT2D eigenvalue weighted by Gasteiger charge is -2.24. The van der Waals surface area contributed by atoms with Crippen molar-refractivity contribution in [2.24, 2.45) is 5.92 Å². The molecule has 1 fully saturated rings. The molecule has 1 N–H and O–H groups in total. The van der Waals surface area contributed by atoms with Crippen molar-refractivity contribution in [3.8, 4) is 11.5 Å². The van der Waals surface area contributed by atoms with Crippen LogP contribution in [0.1, 0.15) is 50.6 Å². The highest BCUT2D eigenvalue weighted by molar-refractivity contribution is 6.33. The van der Waals surface area contributed by atoms with E-state index in [0.29, 0.717) is 10.8 Å². The third-order valence-corrected chi connectivity index (χ3v) is 4.74. The lowest BCUT2D eigenvalue weighted by atomic mass is 9.93. The molecule has 1 aromatic rings. The van der Waals surface area contributed by atoms with Gasteiger partial charge in [0.25, 0.3) is 0 Å². The van der Waals surface area contributed by atoms with Gasteiger partial charge >= 0.3 is 0 Å². The number of rotatable bonds is 7. The molecule has 0 aromatic heterocycles. The van der Waals surface area contributed by atoms with Crippen molar-refractivity contribution >= 4 is 11.6 Å². The summed E-state index contributed by atoms with van der Waals surface area (Å²) in [7, 11) is 3.29. The zero-order valence-electron chi connectivity index (χ0n) is 13.2. The first kappa shape index (κ1) is 16.4. The normalized spacial score (nSPS) is 17.0. The minimum Gasteiger partial charge on any atom is -0.495 e. The van der Waals surface area contributed by atoms with E-state index in [1.807, 2.05) is 6.07 Å². The van der Waals surface area contributed by atoms with Crippen molar-refractivity contribution in [3.05, 3.63) is 22.7 Å². The van der Waals surface area contributed by atoms with Crippen molar-refractivity contribution in [1.82, 2.24) is 5.32 Å². The predicted molar refractivity (Wildman–Crippen MR) is 87.5 cm³/mol. The highest BCUT2D eigenvalue weighted by atomic mass is 35.5. The summed E-state index contributed by atoms with van der Waals surface area (Å²) in [5.41, 5.74) is 1.14. The molecule has 1 aromatic carbocycles. The first-order valence-electron chi connectivity index (χ1n) is 7.85. The molecular weight excluding hydrogens is 286 g/mol. The van der Waals surface area contributed by atoms with Crippen molar-refractivity contribution < 1.29 is 9.47 Å². The van der Waals surface area contributed by atoms with Crippen LogP contribution in [-0.2, 0) is 0 Å². The molecule has 0 aliphatic heterocycles. The van der Waals surface area contributed by atoms with Gasteiger partial charge in [0.05, 0.1) is 14.2 Å². The number of benzene rings is 1. The summed E-state index contributed by atoms with van der Waals surface area (Å²) < 4.78 is 10.8. The zero-order chi connectivity index (χ0) is 15.2. The molecule has 3 nitrogen and oxygen atoms in total. The molecule has 1 unspecified atom stereocenters. The maximum Gasteiger partial charge on any atom is 0.146 e. The molecule has 21 heavy (non-hydrogen) atoms. The molecule has 0 heterocycles. The number of hydrogen-bond acceptors (Lipinski definition) is 3. The second-order valence-electron chi connectivity index (χ2n) is 5.70. The summed E-state index contributed by atoms with van der Waals surface area (Å²) in [6.45, 7) is 3.07. The second kappa shape index (κ2) is 7.90. The van der Waals surface area contributed by atoms with E-state index in [1.54, 1.807) is 14.2 Å². The largest absolute Gasteiger partial charge is 0.495 e. The van der Waals surface area contributed by atoms with Gasteiger partial charge in [-0.25, -0.2) is 0 Å². The monoisotopic (exact) mass is 311 g/mol. The Hall–Kier alpha value is -0.930. The molecule has 4 heteroatoms. The van der Waals surface area contributed by atoms with Gasteiger partial charge in [-0.2, -0.15) is 0 Å². The fourth-order valence-corrected chi connectivity index (χ4v) is 3.66. The fourth-order valence-electron chi connectivity index (χ4n) is 3.34. The first-order valence-corrected chi connectivity index (χ1v) is 8.22. The molecule has 0 spiro atoms. The molecule has 118 valence electrons. The van der Waals surface area contributed by atoms with Gasteiger partial charge < -0.3 is 14.8 Å². The van der Waals surface area contributed by atoms with Crippen molar-refractivity contribution in [1.29, 1.82) is 0 Å². The maximum absolute atomic E-state index is 6.40. The van der Waals surface area contributed by atoms with E-state index in [-0.39, 0.29) is 6.04 Å². The number of nitrogens with one attached hydrogen (secondary N) is 1. The van der Waals surface area contributed by atoms with Crippen LogP contribution in [0.2, 0.25) is 5.02 Å². The third kappa shape index (κ3) is 3.83. The molecule has 2 rings (SSSR count). The number of halogens is 1. The Morgan fingerprint density at radius 1 is 1.24 bits per heavy atom. The van der Waals surface area contributed by atoms with Gasteiger partial charge in [-0.15, -0.1) is 0 Å².